The first-order valence-electron chi connectivity index (χ1n) is 8.21. The van der Waals surface area contributed by atoms with Crippen molar-refractivity contribution in [2.45, 2.75) is 51.7 Å². The van der Waals surface area contributed by atoms with Crippen LogP contribution in [0, 0.1) is 5.41 Å². The number of nitrogens with zero attached hydrogens (tertiary/aromatic N) is 1. The van der Waals surface area contributed by atoms with E-state index < -0.39 is 11.7 Å². The van der Waals surface area contributed by atoms with E-state index in [4.69, 9.17) is 5.73 Å². The van der Waals surface area contributed by atoms with E-state index in [-0.39, 0.29) is 29.7 Å². The second-order valence-corrected chi connectivity index (χ2v) is 7.43. The Bertz CT molecular complexity index is 598. The van der Waals surface area contributed by atoms with Crippen LogP contribution in [-0.2, 0) is 11.0 Å². The summed E-state index contributed by atoms with van der Waals surface area (Å²) in [4.78, 5) is 14.3. The molecular weight excluding hydrogens is 317 g/mol. The maximum absolute atomic E-state index is 12.8. The van der Waals surface area contributed by atoms with Crippen LogP contribution in [0.3, 0.4) is 0 Å². The van der Waals surface area contributed by atoms with E-state index >= 15 is 0 Å². The summed E-state index contributed by atoms with van der Waals surface area (Å²) in [5, 5.41) is 0. The van der Waals surface area contributed by atoms with Crippen molar-refractivity contribution in [3.05, 3.63) is 35.4 Å². The lowest BCUT2D eigenvalue weighted by Gasteiger charge is -2.42. The largest absolute Gasteiger partial charge is 0.416 e. The molecule has 2 N–H and O–H groups in total. The molecule has 1 aliphatic heterocycles. The molecule has 3 nitrogen and oxygen atoms in total. The number of likely N-dealkylation sites (tertiary alicyclic amines) is 1. The molecule has 0 aliphatic carbocycles. The van der Waals surface area contributed by atoms with Gasteiger partial charge in [0.2, 0.25) is 5.91 Å². The van der Waals surface area contributed by atoms with Crippen molar-refractivity contribution in [1.29, 1.82) is 0 Å². The van der Waals surface area contributed by atoms with Crippen LogP contribution in [0.1, 0.15) is 50.7 Å². The summed E-state index contributed by atoms with van der Waals surface area (Å²) in [6.07, 6.45) is -3.42. The van der Waals surface area contributed by atoms with Gasteiger partial charge in [0, 0.05) is 25.6 Å². The van der Waals surface area contributed by atoms with Crippen LogP contribution >= 0.6 is 0 Å². The Hall–Kier alpha value is -1.56. The van der Waals surface area contributed by atoms with Crippen LogP contribution in [-0.4, -0.2) is 29.9 Å². The van der Waals surface area contributed by atoms with E-state index in [2.05, 4.69) is 0 Å². The number of nitrogens with two attached hydrogens (primary N) is 1. The first-order chi connectivity index (χ1) is 11.0. The number of piperidine rings is 1. The van der Waals surface area contributed by atoms with E-state index in [1.807, 2.05) is 13.8 Å². The van der Waals surface area contributed by atoms with Gasteiger partial charge in [-0.3, -0.25) is 4.79 Å². The third kappa shape index (κ3) is 4.29. The lowest BCUT2D eigenvalue weighted by Crippen LogP contribution is -2.54. The molecule has 2 unspecified atom stereocenters. The average Bonchev–Trinajstić information content (AvgIpc) is 2.49. The van der Waals surface area contributed by atoms with Crippen LogP contribution in [0.4, 0.5) is 13.2 Å². The Morgan fingerprint density at radius 1 is 1.42 bits per heavy atom. The van der Waals surface area contributed by atoms with Crippen LogP contribution in [0.25, 0.3) is 0 Å². The van der Waals surface area contributed by atoms with Gasteiger partial charge in [-0.05, 0) is 29.4 Å². The molecule has 0 bridgehead atoms. The number of alkyl halides is 3. The molecule has 2 atom stereocenters. The smallest absolute Gasteiger partial charge is 0.342 e. The number of hydrogen-bond acceptors (Lipinski definition) is 2. The third-order valence-electron chi connectivity index (χ3n) is 4.93. The lowest BCUT2D eigenvalue weighted by atomic mass is 9.79. The Labute approximate surface area is 141 Å². The zero-order valence-corrected chi connectivity index (χ0v) is 14.4. The molecule has 0 aromatic heterocycles. The second kappa shape index (κ2) is 6.75. The minimum atomic E-state index is -4.37. The molecule has 1 aromatic carbocycles. The number of benzene rings is 1. The van der Waals surface area contributed by atoms with Gasteiger partial charge < -0.3 is 10.6 Å². The normalized spacial score (nSPS) is 22.3. The number of carbonyl (C=O) groups excluding carboxylic acids is 1. The van der Waals surface area contributed by atoms with Crippen molar-refractivity contribution in [2.24, 2.45) is 11.1 Å². The van der Waals surface area contributed by atoms with Crippen LogP contribution in [0.5, 0.6) is 0 Å². The first-order valence-corrected chi connectivity index (χ1v) is 8.21. The number of rotatable bonds is 3. The van der Waals surface area contributed by atoms with Gasteiger partial charge in [0.15, 0.2) is 0 Å². The molecule has 6 heteroatoms. The van der Waals surface area contributed by atoms with Crippen molar-refractivity contribution in [3.8, 4) is 0 Å². The molecule has 1 aliphatic rings. The summed E-state index contributed by atoms with van der Waals surface area (Å²) in [6, 6.07) is 5.27. The van der Waals surface area contributed by atoms with Crippen molar-refractivity contribution >= 4 is 5.91 Å². The minimum Gasteiger partial charge on any atom is -0.342 e. The van der Waals surface area contributed by atoms with Gasteiger partial charge in [0.05, 0.1) is 5.56 Å². The van der Waals surface area contributed by atoms with Gasteiger partial charge in [-0.15, -0.1) is 0 Å². The molecule has 1 fully saturated rings. The molecule has 24 heavy (non-hydrogen) atoms. The molecule has 0 saturated carbocycles. The zero-order valence-electron chi connectivity index (χ0n) is 14.4. The van der Waals surface area contributed by atoms with Gasteiger partial charge in [-0.25, -0.2) is 0 Å². The summed E-state index contributed by atoms with van der Waals surface area (Å²) in [7, 11) is 0. The summed E-state index contributed by atoms with van der Waals surface area (Å²) in [5.41, 5.74) is 5.79. The average molecular weight is 342 g/mol. The topological polar surface area (TPSA) is 46.3 Å². The number of halogens is 3. The molecule has 0 radical (unpaired) electrons. The van der Waals surface area contributed by atoms with E-state index in [0.29, 0.717) is 18.7 Å². The second-order valence-electron chi connectivity index (χ2n) is 7.43. The van der Waals surface area contributed by atoms with Crippen LogP contribution in [0.2, 0.25) is 0 Å². The molecular formula is C18H25F3N2O. The SMILES string of the molecule is CC(CC(=O)N1CCC(N)C(C)(C)C1)c1cccc(C(F)(F)F)c1. The monoisotopic (exact) mass is 342 g/mol. The molecule has 2 rings (SSSR count). The molecule has 1 aromatic rings. The number of hydrogen-bond donors (Lipinski definition) is 1. The highest BCUT2D eigenvalue weighted by Crippen LogP contribution is 2.33. The first kappa shape index (κ1) is 18.8. The van der Waals surface area contributed by atoms with Crippen LogP contribution in [0.15, 0.2) is 24.3 Å². The quantitative estimate of drug-likeness (QED) is 0.908. The van der Waals surface area contributed by atoms with E-state index in [0.717, 1.165) is 18.6 Å². The summed E-state index contributed by atoms with van der Waals surface area (Å²) < 4.78 is 38.5. The Morgan fingerprint density at radius 3 is 2.67 bits per heavy atom. The Kier molecular flexibility index (Phi) is 5.28. The van der Waals surface area contributed by atoms with Gasteiger partial charge in [-0.1, -0.05) is 39.0 Å². The highest BCUT2D eigenvalue weighted by molar-refractivity contribution is 5.77. The fourth-order valence-electron chi connectivity index (χ4n) is 3.12. The Balaban J connectivity index is 2.04. The lowest BCUT2D eigenvalue weighted by molar-refractivity contribution is -0.137. The Morgan fingerprint density at radius 2 is 2.08 bits per heavy atom. The van der Waals surface area contributed by atoms with Crippen molar-refractivity contribution in [2.75, 3.05) is 13.1 Å². The molecule has 1 heterocycles. The van der Waals surface area contributed by atoms with E-state index in [1.54, 1.807) is 17.9 Å². The maximum Gasteiger partial charge on any atom is 0.416 e. The van der Waals surface area contributed by atoms with Crippen molar-refractivity contribution in [3.63, 3.8) is 0 Å². The zero-order chi connectivity index (χ0) is 18.1. The van der Waals surface area contributed by atoms with Gasteiger partial charge in [0.1, 0.15) is 0 Å². The predicted octanol–water partition coefficient (Wildman–Crippen LogP) is 3.78. The van der Waals surface area contributed by atoms with Gasteiger partial charge in [-0.2, -0.15) is 13.2 Å². The summed E-state index contributed by atoms with van der Waals surface area (Å²) in [6.45, 7) is 7.05. The summed E-state index contributed by atoms with van der Waals surface area (Å²) >= 11 is 0. The standard InChI is InChI=1S/C18H25F3N2O/c1-12(13-5-4-6-14(10-13)18(19,20)21)9-16(24)23-8-7-15(22)17(2,3)11-23/h4-6,10,12,15H,7-9,11,22H2,1-3H3. The fourth-order valence-corrected chi connectivity index (χ4v) is 3.12. The van der Waals surface area contributed by atoms with Gasteiger partial charge in [0.25, 0.3) is 0 Å². The molecule has 1 amide bonds. The predicted molar refractivity (Wildman–Crippen MR) is 87.4 cm³/mol. The fraction of sp³-hybridized carbons (Fsp3) is 0.611. The van der Waals surface area contributed by atoms with E-state index in [9.17, 15) is 18.0 Å². The summed E-state index contributed by atoms with van der Waals surface area (Å²) in [5.74, 6) is -0.293. The van der Waals surface area contributed by atoms with E-state index in [1.165, 1.54) is 6.07 Å². The highest BCUT2D eigenvalue weighted by atomic mass is 19.4. The third-order valence-corrected chi connectivity index (χ3v) is 4.93. The molecule has 1 saturated heterocycles. The molecule has 134 valence electrons. The van der Waals surface area contributed by atoms with Crippen LogP contribution < -0.4 is 5.73 Å². The van der Waals surface area contributed by atoms with Crippen molar-refractivity contribution < 1.29 is 18.0 Å². The number of amides is 1. The van der Waals surface area contributed by atoms with Crippen molar-refractivity contribution in [1.82, 2.24) is 4.90 Å². The highest BCUT2D eigenvalue weighted by Gasteiger charge is 2.35. The maximum atomic E-state index is 12.8. The number of carbonyl (C=O) groups is 1. The molecule has 0 spiro atoms. The van der Waals surface area contributed by atoms with Gasteiger partial charge >= 0.3 is 6.18 Å². The minimum absolute atomic E-state index is 0.0279.